The van der Waals surface area contributed by atoms with Crippen molar-refractivity contribution >= 4 is 5.91 Å². The highest BCUT2D eigenvalue weighted by Crippen LogP contribution is 2.24. The molecule has 1 heterocycles. The highest BCUT2D eigenvalue weighted by atomic mass is 16.3. The van der Waals surface area contributed by atoms with Crippen molar-refractivity contribution in [3.8, 4) is 17.9 Å². The lowest BCUT2D eigenvalue weighted by Crippen LogP contribution is -2.47. The fraction of sp³-hybridized carbons (Fsp3) is 0.733. The highest BCUT2D eigenvalue weighted by Gasteiger charge is 2.36. The zero-order chi connectivity index (χ0) is 14.5. The molecule has 20 heavy (non-hydrogen) atoms. The lowest BCUT2D eigenvalue weighted by Gasteiger charge is -2.25. The second-order valence-electron chi connectivity index (χ2n) is 5.42. The molecule has 108 valence electrons. The van der Waals surface area contributed by atoms with Crippen molar-refractivity contribution in [2.24, 2.45) is 0 Å². The standard InChI is InChI=1S/C15H21N3O2/c1-2-4-11-7-8-12(9-16)18(11)15(20)10-17-13-5-3-6-14(13)19/h11-14,17,19H,3,5-8,10H2,1H3/t11-,12-,13?,14-/m0/s1. The smallest absolute Gasteiger partial charge is 0.238 e. The van der Waals surface area contributed by atoms with Gasteiger partial charge in [-0.3, -0.25) is 4.79 Å². The Labute approximate surface area is 119 Å². The molecule has 0 aromatic rings. The molecule has 0 aromatic carbocycles. The summed E-state index contributed by atoms with van der Waals surface area (Å²) in [5.74, 6) is 5.74. The summed E-state index contributed by atoms with van der Waals surface area (Å²) in [4.78, 5) is 13.9. The lowest BCUT2D eigenvalue weighted by molar-refractivity contribution is -0.131. The third kappa shape index (κ3) is 3.12. The molecular weight excluding hydrogens is 254 g/mol. The Morgan fingerprint density at radius 1 is 1.35 bits per heavy atom. The Bertz CT molecular complexity index is 460. The Hall–Kier alpha value is -1.56. The fourth-order valence-corrected chi connectivity index (χ4v) is 3.08. The van der Waals surface area contributed by atoms with E-state index in [4.69, 9.17) is 5.26 Å². The molecule has 5 heteroatoms. The van der Waals surface area contributed by atoms with Crippen LogP contribution in [0.1, 0.15) is 39.0 Å². The van der Waals surface area contributed by atoms with Crippen molar-refractivity contribution in [1.82, 2.24) is 10.2 Å². The number of aliphatic hydroxyl groups is 1. The molecule has 5 nitrogen and oxygen atoms in total. The number of hydrogen-bond donors (Lipinski definition) is 2. The third-order valence-corrected chi connectivity index (χ3v) is 4.13. The van der Waals surface area contributed by atoms with Crippen LogP contribution < -0.4 is 5.32 Å². The fourth-order valence-electron chi connectivity index (χ4n) is 3.08. The topological polar surface area (TPSA) is 76.4 Å². The first-order chi connectivity index (χ1) is 9.67. The van der Waals surface area contributed by atoms with E-state index in [1.165, 1.54) is 0 Å². The van der Waals surface area contributed by atoms with Crippen molar-refractivity contribution < 1.29 is 9.90 Å². The molecule has 1 aliphatic heterocycles. The molecule has 2 fully saturated rings. The van der Waals surface area contributed by atoms with E-state index in [2.05, 4.69) is 23.2 Å². The normalized spacial score (nSPS) is 32.5. The minimum Gasteiger partial charge on any atom is -0.392 e. The van der Waals surface area contributed by atoms with Crippen molar-refractivity contribution in [3.05, 3.63) is 0 Å². The molecule has 1 amide bonds. The van der Waals surface area contributed by atoms with Crippen LogP contribution in [-0.4, -0.2) is 46.7 Å². The van der Waals surface area contributed by atoms with E-state index in [0.717, 1.165) is 25.7 Å². The van der Waals surface area contributed by atoms with Gasteiger partial charge in [0.2, 0.25) is 5.91 Å². The molecule has 0 spiro atoms. The number of carbonyl (C=O) groups is 1. The van der Waals surface area contributed by atoms with Crippen LogP contribution in [-0.2, 0) is 4.79 Å². The van der Waals surface area contributed by atoms with Crippen LogP contribution in [0.2, 0.25) is 0 Å². The van der Waals surface area contributed by atoms with Gasteiger partial charge in [0.15, 0.2) is 0 Å². The molecule has 1 unspecified atom stereocenters. The minimum absolute atomic E-state index is 0.00204. The summed E-state index contributed by atoms with van der Waals surface area (Å²) in [7, 11) is 0. The van der Waals surface area contributed by atoms with Gasteiger partial charge in [0.1, 0.15) is 6.04 Å². The summed E-state index contributed by atoms with van der Waals surface area (Å²) < 4.78 is 0. The van der Waals surface area contributed by atoms with E-state index in [-0.39, 0.29) is 36.7 Å². The molecule has 2 aliphatic rings. The maximum atomic E-state index is 12.3. The van der Waals surface area contributed by atoms with Gasteiger partial charge >= 0.3 is 0 Å². The number of nitriles is 1. The number of aliphatic hydroxyl groups excluding tert-OH is 1. The first-order valence-corrected chi connectivity index (χ1v) is 7.22. The van der Waals surface area contributed by atoms with Gasteiger partial charge in [-0.2, -0.15) is 5.26 Å². The maximum absolute atomic E-state index is 12.3. The summed E-state index contributed by atoms with van der Waals surface area (Å²) in [5.41, 5.74) is 0. The van der Waals surface area contributed by atoms with Crippen molar-refractivity contribution in [3.63, 3.8) is 0 Å². The van der Waals surface area contributed by atoms with Gasteiger partial charge in [0.25, 0.3) is 0 Å². The minimum atomic E-state index is -0.372. The van der Waals surface area contributed by atoms with E-state index in [0.29, 0.717) is 6.42 Å². The summed E-state index contributed by atoms with van der Waals surface area (Å²) in [6.45, 7) is 1.91. The summed E-state index contributed by atoms with van der Waals surface area (Å²) >= 11 is 0. The van der Waals surface area contributed by atoms with Gasteiger partial charge in [-0.25, -0.2) is 0 Å². The van der Waals surface area contributed by atoms with Crippen LogP contribution in [0.4, 0.5) is 0 Å². The van der Waals surface area contributed by atoms with Gasteiger partial charge in [0.05, 0.1) is 24.8 Å². The molecule has 1 saturated heterocycles. The van der Waals surface area contributed by atoms with Crippen LogP contribution in [0.5, 0.6) is 0 Å². The quantitative estimate of drug-likeness (QED) is 0.731. The van der Waals surface area contributed by atoms with Crippen molar-refractivity contribution in [2.45, 2.75) is 63.3 Å². The number of rotatable bonds is 3. The van der Waals surface area contributed by atoms with Gasteiger partial charge in [-0.1, -0.05) is 5.92 Å². The molecule has 4 atom stereocenters. The first-order valence-electron chi connectivity index (χ1n) is 7.22. The SMILES string of the molecule is CC#C[C@H]1CC[C@@H](C#N)N1C(=O)CNC1CCC[C@@H]1O. The van der Waals surface area contributed by atoms with E-state index >= 15 is 0 Å². The molecule has 2 N–H and O–H groups in total. The average molecular weight is 275 g/mol. The van der Waals surface area contributed by atoms with Gasteiger partial charge in [-0.05, 0) is 39.0 Å². The Kier molecular flexibility index (Phi) is 5.00. The van der Waals surface area contributed by atoms with Gasteiger partial charge in [-0.15, -0.1) is 5.92 Å². The number of carbonyl (C=O) groups excluding carboxylic acids is 1. The largest absolute Gasteiger partial charge is 0.392 e. The predicted octanol–water partition coefficient (Wildman–Crippen LogP) is 0.396. The molecule has 1 saturated carbocycles. The van der Waals surface area contributed by atoms with E-state index in [1.54, 1.807) is 11.8 Å². The Morgan fingerprint density at radius 3 is 2.70 bits per heavy atom. The van der Waals surface area contributed by atoms with E-state index < -0.39 is 0 Å². The highest BCUT2D eigenvalue weighted by molar-refractivity contribution is 5.80. The van der Waals surface area contributed by atoms with Crippen LogP contribution in [0.15, 0.2) is 0 Å². The number of nitrogens with zero attached hydrogens (tertiary/aromatic N) is 2. The Morgan fingerprint density at radius 2 is 2.10 bits per heavy atom. The molecule has 0 radical (unpaired) electrons. The summed E-state index contributed by atoms with van der Waals surface area (Å²) in [5, 5.41) is 22.0. The molecule has 1 aliphatic carbocycles. The average Bonchev–Trinajstić information content (AvgIpc) is 3.03. The number of amides is 1. The predicted molar refractivity (Wildman–Crippen MR) is 74.4 cm³/mol. The van der Waals surface area contributed by atoms with E-state index in [9.17, 15) is 9.90 Å². The number of nitrogens with one attached hydrogen (secondary N) is 1. The zero-order valence-corrected chi connectivity index (χ0v) is 11.8. The molecule has 0 bridgehead atoms. The van der Waals surface area contributed by atoms with Crippen molar-refractivity contribution in [2.75, 3.05) is 6.54 Å². The van der Waals surface area contributed by atoms with Gasteiger partial charge < -0.3 is 15.3 Å². The third-order valence-electron chi connectivity index (χ3n) is 4.13. The van der Waals surface area contributed by atoms with E-state index in [1.807, 2.05) is 0 Å². The lowest BCUT2D eigenvalue weighted by atomic mass is 10.2. The Balaban J connectivity index is 1.94. The summed E-state index contributed by atoms with van der Waals surface area (Å²) in [6.07, 6.45) is 3.76. The first kappa shape index (κ1) is 14.8. The van der Waals surface area contributed by atoms with Crippen LogP contribution in [0.3, 0.4) is 0 Å². The second kappa shape index (κ2) is 6.74. The van der Waals surface area contributed by atoms with Gasteiger partial charge in [0, 0.05) is 6.04 Å². The molecular formula is C15H21N3O2. The monoisotopic (exact) mass is 275 g/mol. The summed E-state index contributed by atoms with van der Waals surface area (Å²) in [6, 6.07) is 1.66. The zero-order valence-electron chi connectivity index (χ0n) is 11.8. The van der Waals surface area contributed by atoms with Crippen LogP contribution >= 0.6 is 0 Å². The molecule has 2 rings (SSSR count). The van der Waals surface area contributed by atoms with Crippen LogP contribution in [0, 0.1) is 23.2 Å². The number of hydrogen-bond acceptors (Lipinski definition) is 4. The second-order valence-corrected chi connectivity index (χ2v) is 5.42. The molecule has 0 aromatic heterocycles. The maximum Gasteiger partial charge on any atom is 0.238 e. The van der Waals surface area contributed by atoms with Crippen molar-refractivity contribution in [1.29, 1.82) is 5.26 Å². The van der Waals surface area contributed by atoms with Crippen LogP contribution in [0.25, 0.3) is 0 Å². The number of likely N-dealkylation sites (tertiary alicyclic amines) is 1.